The van der Waals surface area contributed by atoms with Gasteiger partial charge in [-0.3, -0.25) is 4.98 Å². The smallest absolute Gasteiger partial charge is 0.332 e. The van der Waals surface area contributed by atoms with E-state index in [1.165, 1.54) is 6.08 Å². The first kappa shape index (κ1) is 10.7. The molecule has 1 aromatic rings. The minimum atomic E-state index is -0.437. The van der Waals surface area contributed by atoms with E-state index in [0.717, 1.165) is 0 Å². The highest BCUT2D eigenvalue weighted by molar-refractivity contribution is 7.10. The number of carbonyl (C=O) groups is 1. The van der Waals surface area contributed by atoms with Gasteiger partial charge in [0.2, 0.25) is 0 Å². The van der Waals surface area contributed by atoms with Crippen LogP contribution in [0.2, 0.25) is 0 Å². The van der Waals surface area contributed by atoms with E-state index in [-0.39, 0.29) is 0 Å². The van der Waals surface area contributed by atoms with Crippen LogP contribution in [0, 0.1) is 0 Å². The molecule has 0 aliphatic rings. The van der Waals surface area contributed by atoms with E-state index in [1.54, 1.807) is 31.5 Å². The van der Waals surface area contributed by atoms with Gasteiger partial charge in [-0.25, -0.2) is 4.79 Å². The van der Waals surface area contributed by atoms with Gasteiger partial charge in [0.1, 0.15) is 5.75 Å². The van der Waals surface area contributed by atoms with E-state index in [4.69, 9.17) is 4.74 Å². The van der Waals surface area contributed by atoms with Crippen LogP contribution in [0.15, 0.2) is 24.4 Å². The first-order chi connectivity index (χ1) is 6.76. The van der Waals surface area contributed by atoms with Gasteiger partial charge >= 0.3 is 5.97 Å². The average molecular weight is 211 g/mol. The summed E-state index contributed by atoms with van der Waals surface area (Å²) in [6.07, 6.45) is 4.43. The fourth-order valence-electron chi connectivity index (χ4n) is 0.804. The van der Waals surface area contributed by atoms with Crippen molar-refractivity contribution in [1.82, 2.24) is 4.98 Å². The molecule has 0 saturated heterocycles. The molecule has 0 radical (unpaired) electrons. The Morgan fingerprint density at radius 2 is 2.36 bits per heavy atom. The molecule has 0 bridgehead atoms. The lowest BCUT2D eigenvalue weighted by atomic mass is 10.3. The molecule has 0 saturated carbocycles. The summed E-state index contributed by atoms with van der Waals surface area (Å²) in [4.78, 5) is 14.8. The summed E-state index contributed by atoms with van der Waals surface area (Å²) in [6.45, 7) is 0. The Morgan fingerprint density at radius 1 is 1.57 bits per heavy atom. The maximum atomic E-state index is 10.7. The molecule has 5 heteroatoms. The second-order valence-electron chi connectivity index (χ2n) is 2.39. The van der Waals surface area contributed by atoms with E-state index in [2.05, 4.69) is 9.51 Å². The van der Waals surface area contributed by atoms with Gasteiger partial charge < -0.3 is 9.26 Å². The van der Waals surface area contributed by atoms with Gasteiger partial charge in [0.05, 0.1) is 28.5 Å². The molecule has 0 aromatic carbocycles. The zero-order valence-corrected chi connectivity index (χ0v) is 8.79. The largest absolute Gasteiger partial charge is 0.495 e. The number of methoxy groups -OCH3 is 1. The Morgan fingerprint density at radius 3 is 2.86 bits per heavy atom. The van der Waals surface area contributed by atoms with Gasteiger partial charge in [-0.2, -0.15) is 0 Å². The summed E-state index contributed by atoms with van der Waals surface area (Å²) in [5.74, 6) is 0.239. The molecule has 0 amide bonds. The normalized spacial score (nSPS) is 10.1. The van der Waals surface area contributed by atoms with Crippen LogP contribution in [0.5, 0.6) is 5.75 Å². The minimum Gasteiger partial charge on any atom is -0.495 e. The van der Waals surface area contributed by atoms with Crippen LogP contribution in [0.4, 0.5) is 0 Å². The molecule has 0 aliphatic carbocycles. The number of hydrogen-bond acceptors (Lipinski definition) is 4. The summed E-state index contributed by atoms with van der Waals surface area (Å²) in [7, 11) is 3.45. The minimum absolute atomic E-state index is 0.437. The van der Waals surface area contributed by atoms with Crippen molar-refractivity contribution < 1.29 is 14.1 Å². The van der Waals surface area contributed by atoms with E-state index in [9.17, 15) is 4.79 Å². The van der Waals surface area contributed by atoms with Crippen molar-refractivity contribution in [3.8, 4) is 5.75 Å². The third kappa shape index (κ3) is 3.15. The molecule has 0 N–H and O–H groups in total. The first-order valence-electron chi connectivity index (χ1n) is 3.85. The Hall–Kier alpha value is -1.41. The van der Waals surface area contributed by atoms with Gasteiger partial charge in [0.15, 0.2) is 0 Å². The molecule has 1 aromatic heterocycles. The predicted molar refractivity (Wildman–Crippen MR) is 55.6 cm³/mol. The number of nitrogens with zero attached hydrogens (tertiary/aromatic N) is 1. The van der Waals surface area contributed by atoms with Crippen LogP contribution < -0.4 is 4.74 Å². The molecule has 14 heavy (non-hydrogen) atoms. The van der Waals surface area contributed by atoms with Crippen molar-refractivity contribution in [3.05, 3.63) is 30.1 Å². The molecular formula is C9H10NO3P. The monoisotopic (exact) mass is 211 g/mol. The molecule has 1 unspecified atom stereocenters. The highest BCUT2D eigenvalue weighted by atomic mass is 31.0. The molecule has 0 fully saturated rings. The van der Waals surface area contributed by atoms with E-state index < -0.39 is 5.97 Å². The van der Waals surface area contributed by atoms with Crippen molar-refractivity contribution >= 4 is 21.5 Å². The number of pyridine rings is 1. The summed E-state index contributed by atoms with van der Waals surface area (Å²) >= 11 is 0. The molecule has 0 aliphatic heterocycles. The first-order valence-corrected chi connectivity index (χ1v) is 4.32. The van der Waals surface area contributed by atoms with Crippen LogP contribution in [-0.2, 0) is 9.32 Å². The zero-order chi connectivity index (χ0) is 10.4. The SMILES string of the molecule is COc1ccc(C=CC(=O)OP)nc1. The summed E-state index contributed by atoms with van der Waals surface area (Å²) in [6, 6.07) is 3.50. The molecule has 4 nitrogen and oxygen atoms in total. The fourth-order valence-corrected chi connectivity index (χ4v) is 0.882. The van der Waals surface area contributed by atoms with Gasteiger partial charge in [-0.15, -0.1) is 0 Å². The Bertz CT molecular complexity index is 334. The van der Waals surface area contributed by atoms with Crippen LogP contribution in [0.1, 0.15) is 5.69 Å². The second-order valence-corrected chi connectivity index (χ2v) is 2.63. The Kier molecular flexibility index (Phi) is 4.08. The lowest BCUT2D eigenvalue weighted by Gasteiger charge is -1.97. The third-order valence-corrected chi connectivity index (χ3v) is 1.73. The summed E-state index contributed by atoms with van der Waals surface area (Å²) < 4.78 is 9.29. The lowest BCUT2D eigenvalue weighted by Crippen LogP contribution is -1.89. The van der Waals surface area contributed by atoms with Crippen molar-refractivity contribution in [3.63, 3.8) is 0 Å². The van der Waals surface area contributed by atoms with Crippen LogP contribution in [-0.4, -0.2) is 18.1 Å². The van der Waals surface area contributed by atoms with Gasteiger partial charge in [-0.05, 0) is 18.2 Å². The molecule has 1 rings (SSSR count). The molecule has 74 valence electrons. The molecule has 1 atom stereocenters. The molecular weight excluding hydrogens is 201 g/mol. The van der Waals surface area contributed by atoms with Crippen LogP contribution in [0.3, 0.4) is 0 Å². The maximum absolute atomic E-state index is 10.7. The summed E-state index contributed by atoms with van der Waals surface area (Å²) in [5.41, 5.74) is 0.668. The Labute approximate surface area is 84.2 Å². The van der Waals surface area contributed by atoms with Crippen LogP contribution >= 0.6 is 9.47 Å². The molecule has 1 heterocycles. The highest BCUT2D eigenvalue weighted by Crippen LogP contribution is 2.08. The quantitative estimate of drug-likeness (QED) is 0.560. The van der Waals surface area contributed by atoms with Crippen molar-refractivity contribution in [2.24, 2.45) is 0 Å². The highest BCUT2D eigenvalue weighted by Gasteiger charge is 1.94. The number of rotatable bonds is 3. The number of aromatic nitrogens is 1. The second kappa shape index (κ2) is 5.35. The van der Waals surface area contributed by atoms with Crippen molar-refractivity contribution in [2.45, 2.75) is 0 Å². The number of hydrogen-bond donors (Lipinski definition) is 0. The zero-order valence-electron chi connectivity index (χ0n) is 7.64. The van der Waals surface area contributed by atoms with Gasteiger partial charge in [-0.1, -0.05) is 0 Å². The maximum Gasteiger partial charge on any atom is 0.332 e. The third-order valence-electron chi connectivity index (χ3n) is 1.50. The fraction of sp³-hybridized carbons (Fsp3) is 0.111. The predicted octanol–water partition coefficient (Wildman–Crippen LogP) is 1.44. The van der Waals surface area contributed by atoms with Crippen molar-refractivity contribution in [2.75, 3.05) is 7.11 Å². The number of carbonyl (C=O) groups excluding carboxylic acids is 1. The topological polar surface area (TPSA) is 48.4 Å². The number of ether oxygens (including phenoxy) is 1. The van der Waals surface area contributed by atoms with Crippen molar-refractivity contribution in [1.29, 1.82) is 0 Å². The molecule has 0 spiro atoms. The standard InChI is InChI=1S/C9H10NO3P/c1-12-8-4-2-7(10-6-8)3-5-9(11)13-14/h2-6H,14H2,1H3. The lowest BCUT2D eigenvalue weighted by molar-refractivity contribution is -0.127. The van der Waals surface area contributed by atoms with Gasteiger partial charge in [0, 0.05) is 6.08 Å². The van der Waals surface area contributed by atoms with E-state index in [1.807, 2.05) is 9.47 Å². The van der Waals surface area contributed by atoms with Crippen LogP contribution in [0.25, 0.3) is 6.08 Å². The summed E-state index contributed by atoms with van der Waals surface area (Å²) in [5, 5.41) is 0. The van der Waals surface area contributed by atoms with Gasteiger partial charge in [0.25, 0.3) is 0 Å². The Balaban J connectivity index is 2.68. The van der Waals surface area contributed by atoms with E-state index in [0.29, 0.717) is 11.4 Å². The van der Waals surface area contributed by atoms with E-state index >= 15 is 0 Å². The average Bonchev–Trinajstić information content (AvgIpc) is 2.26.